The summed E-state index contributed by atoms with van der Waals surface area (Å²) in [6, 6.07) is 10.9. The van der Waals surface area contributed by atoms with Gasteiger partial charge in [0.25, 0.3) is 0 Å². The van der Waals surface area contributed by atoms with E-state index in [0.717, 1.165) is 45.8 Å². The van der Waals surface area contributed by atoms with Crippen LogP contribution in [0.2, 0.25) is 5.02 Å². The first-order chi connectivity index (χ1) is 15.9. The van der Waals surface area contributed by atoms with Gasteiger partial charge in [0.05, 0.1) is 33.5 Å². The van der Waals surface area contributed by atoms with Crippen LogP contribution in [0.15, 0.2) is 40.7 Å². The van der Waals surface area contributed by atoms with Crippen LogP contribution in [0.3, 0.4) is 0 Å². The van der Waals surface area contributed by atoms with E-state index in [1.165, 1.54) is 28.0 Å². The molecule has 0 bridgehead atoms. The molecule has 2 fully saturated rings. The van der Waals surface area contributed by atoms with Crippen LogP contribution in [0.5, 0.6) is 0 Å². The lowest BCUT2D eigenvalue weighted by Crippen LogP contribution is -2.30. The molecule has 2 aliphatic rings. The smallest absolute Gasteiger partial charge is 0.237 e. The Morgan fingerprint density at radius 1 is 1.15 bits per heavy atom. The monoisotopic (exact) mass is 499 g/mol. The van der Waals surface area contributed by atoms with Crippen LogP contribution in [0.1, 0.15) is 31.2 Å². The second-order valence-electron chi connectivity index (χ2n) is 8.44. The van der Waals surface area contributed by atoms with E-state index < -0.39 is 0 Å². The highest BCUT2D eigenvalue weighted by Crippen LogP contribution is 2.41. The van der Waals surface area contributed by atoms with Crippen molar-refractivity contribution in [2.45, 2.75) is 36.9 Å². The zero-order chi connectivity index (χ0) is 23.1. The molecule has 1 saturated heterocycles. The first kappa shape index (κ1) is 22.4. The molecule has 2 heterocycles. The van der Waals surface area contributed by atoms with Crippen molar-refractivity contribution in [2.24, 2.45) is 11.8 Å². The molecule has 5 rings (SSSR count). The number of nitrogens with one attached hydrogen (secondary N) is 1. The van der Waals surface area contributed by atoms with E-state index >= 15 is 0 Å². The topological polar surface area (TPSA) is 79.4 Å². The first-order valence-corrected chi connectivity index (χ1v) is 13.1. The van der Waals surface area contributed by atoms with E-state index in [4.69, 9.17) is 11.6 Å². The number of halogens is 1. The van der Waals surface area contributed by atoms with Crippen LogP contribution >= 0.6 is 34.7 Å². The average Bonchev–Trinajstić information content (AvgIpc) is 3.33. The highest BCUT2D eigenvalue weighted by molar-refractivity contribution is 8.01. The van der Waals surface area contributed by atoms with Crippen LogP contribution in [-0.2, 0) is 14.4 Å². The molecule has 0 radical (unpaired) electrons. The Morgan fingerprint density at radius 3 is 2.58 bits per heavy atom. The number of anilines is 2. The number of imide groups is 1. The number of thioether (sulfide) groups is 1. The molecule has 1 saturated carbocycles. The standard InChI is InChI=1S/C24H22ClN3O3S2/c1-13-6-7-14(10-18(13)25)26-21(29)12-32-24-27-19-9-8-15(11-20(19)33-24)28-22(30)16-4-2-3-5-17(16)23(28)31/h6-11,16-17H,2-5,12H2,1H3,(H,26,29)/t16-,17-/m1/s1. The Labute approximate surface area is 204 Å². The van der Waals surface area contributed by atoms with Gasteiger partial charge >= 0.3 is 0 Å². The van der Waals surface area contributed by atoms with Crippen molar-refractivity contribution in [1.82, 2.24) is 4.98 Å². The summed E-state index contributed by atoms with van der Waals surface area (Å²) in [5.74, 6) is -0.416. The van der Waals surface area contributed by atoms with E-state index in [0.29, 0.717) is 16.4 Å². The Balaban J connectivity index is 1.27. The lowest BCUT2D eigenvalue weighted by Gasteiger charge is -2.19. The number of carbonyl (C=O) groups is 3. The first-order valence-electron chi connectivity index (χ1n) is 10.9. The number of rotatable bonds is 5. The third-order valence-corrected chi connectivity index (χ3v) is 8.80. The second kappa shape index (κ2) is 9.08. The fourth-order valence-corrected chi connectivity index (χ4v) is 6.59. The summed E-state index contributed by atoms with van der Waals surface area (Å²) in [4.78, 5) is 44.1. The van der Waals surface area contributed by atoms with E-state index in [1.807, 2.05) is 31.2 Å². The third kappa shape index (κ3) is 4.39. The van der Waals surface area contributed by atoms with E-state index in [9.17, 15) is 14.4 Å². The number of carbonyl (C=O) groups excluding carboxylic acids is 3. The summed E-state index contributed by atoms with van der Waals surface area (Å²) < 4.78 is 1.64. The lowest BCUT2D eigenvalue weighted by molar-refractivity contribution is -0.122. The summed E-state index contributed by atoms with van der Waals surface area (Å²) >= 11 is 8.92. The number of aryl methyl sites for hydroxylation is 1. The van der Waals surface area contributed by atoms with Crippen LogP contribution in [0.4, 0.5) is 11.4 Å². The SMILES string of the molecule is Cc1ccc(NC(=O)CSc2nc3ccc(N4C(=O)[C@@H]5CCCC[C@H]5C4=O)cc3s2)cc1Cl. The summed E-state index contributed by atoms with van der Waals surface area (Å²) in [6.45, 7) is 1.91. The fraction of sp³-hybridized carbons (Fsp3) is 0.333. The van der Waals surface area contributed by atoms with Gasteiger partial charge in [-0.2, -0.15) is 0 Å². The van der Waals surface area contributed by atoms with Crippen LogP contribution < -0.4 is 10.2 Å². The maximum Gasteiger partial charge on any atom is 0.237 e. The van der Waals surface area contributed by atoms with Gasteiger partial charge in [0.1, 0.15) is 0 Å². The number of fused-ring (bicyclic) bond motifs is 2. The van der Waals surface area contributed by atoms with E-state index in [2.05, 4.69) is 10.3 Å². The molecule has 1 aliphatic heterocycles. The molecule has 170 valence electrons. The molecule has 0 unspecified atom stereocenters. The molecule has 1 aliphatic carbocycles. The Kier molecular flexibility index (Phi) is 6.16. The molecule has 1 N–H and O–H groups in total. The van der Waals surface area contributed by atoms with Crippen molar-refractivity contribution in [3.8, 4) is 0 Å². The highest BCUT2D eigenvalue weighted by Gasteiger charge is 2.48. The van der Waals surface area contributed by atoms with Gasteiger partial charge in [0, 0.05) is 10.7 Å². The normalized spacial score (nSPS) is 20.4. The molecule has 2 atom stereocenters. The van der Waals surface area contributed by atoms with Crippen LogP contribution in [-0.4, -0.2) is 28.5 Å². The van der Waals surface area contributed by atoms with E-state index in [1.54, 1.807) is 12.1 Å². The van der Waals surface area contributed by atoms with E-state index in [-0.39, 0.29) is 35.3 Å². The number of amides is 3. The lowest BCUT2D eigenvalue weighted by atomic mass is 9.81. The zero-order valence-electron chi connectivity index (χ0n) is 18.0. The average molecular weight is 500 g/mol. The minimum absolute atomic E-state index is 0.0731. The van der Waals surface area contributed by atoms with Gasteiger partial charge in [0.2, 0.25) is 17.7 Å². The molecular formula is C24H22ClN3O3S2. The number of thiazole rings is 1. The molecule has 2 aromatic carbocycles. The maximum absolute atomic E-state index is 12.9. The van der Waals surface area contributed by atoms with Crippen molar-refractivity contribution >= 4 is 74.0 Å². The number of nitrogens with zero attached hydrogens (tertiary/aromatic N) is 2. The van der Waals surface area contributed by atoms with Crippen LogP contribution in [0.25, 0.3) is 10.2 Å². The number of hydrogen-bond acceptors (Lipinski definition) is 6. The zero-order valence-corrected chi connectivity index (χ0v) is 20.4. The predicted octanol–water partition coefficient (Wildman–Crippen LogP) is 5.67. The molecule has 3 aromatic rings. The third-order valence-electron chi connectivity index (χ3n) is 6.23. The van der Waals surface area contributed by atoms with Gasteiger partial charge in [0.15, 0.2) is 4.34 Å². The van der Waals surface area contributed by atoms with Crippen molar-refractivity contribution in [1.29, 1.82) is 0 Å². The molecule has 9 heteroatoms. The Bertz CT molecular complexity index is 1250. The largest absolute Gasteiger partial charge is 0.325 e. The summed E-state index contributed by atoms with van der Waals surface area (Å²) in [7, 11) is 0. The van der Waals surface area contributed by atoms with Crippen molar-refractivity contribution in [2.75, 3.05) is 16.0 Å². The minimum Gasteiger partial charge on any atom is -0.325 e. The Morgan fingerprint density at radius 2 is 1.88 bits per heavy atom. The quantitative estimate of drug-likeness (QED) is 0.361. The summed E-state index contributed by atoms with van der Waals surface area (Å²) in [5, 5.41) is 3.45. The molecule has 1 aromatic heterocycles. The van der Waals surface area contributed by atoms with Gasteiger partial charge in [-0.05, 0) is 55.7 Å². The Hall–Kier alpha value is -2.42. The maximum atomic E-state index is 12.9. The molecule has 0 spiro atoms. The fourth-order valence-electron chi connectivity index (χ4n) is 4.50. The van der Waals surface area contributed by atoms with Crippen molar-refractivity contribution in [3.05, 3.63) is 47.0 Å². The van der Waals surface area contributed by atoms with Crippen molar-refractivity contribution < 1.29 is 14.4 Å². The number of benzene rings is 2. The molecular weight excluding hydrogens is 478 g/mol. The summed E-state index contributed by atoms with van der Waals surface area (Å²) in [6.07, 6.45) is 3.61. The van der Waals surface area contributed by atoms with Crippen molar-refractivity contribution in [3.63, 3.8) is 0 Å². The van der Waals surface area contributed by atoms with Gasteiger partial charge in [-0.1, -0.05) is 42.3 Å². The van der Waals surface area contributed by atoms with Gasteiger partial charge in [-0.3, -0.25) is 19.3 Å². The highest BCUT2D eigenvalue weighted by atomic mass is 35.5. The van der Waals surface area contributed by atoms with Gasteiger partial charge in [-0.15, -0.1) is 11.3 Å². The summed E-state index contributed by atoms with van der Waals surface area (Å²) in [5.41, 5.74) is 3.01. The molecule has 33 heavy (non-hydrogen) atoms. The minimum atomic E-state index is -0.170. The second-order valence-corrected chi connectivity index (χ2v) is 11.1. The molecule has 3 amide bonds. The predicted molar refractivity (Wildman–Crippen MR) is 133 cm³/mol. The molecule has 6 nitrogen and oxygen atoms in total. The number of aromatic nitrogens is 1. The van der Waals surface area contributed by atoms with Gasteiger partial charge in [-0.25, -0.2) is 4.98 Å². The van der Waals surface area contributed by atoms with Crippen LogP contribution in [0, 0.1) is 18.8 Å². The van der Waals surface area contributed by atoms with Gasteiger partial charge < -0.3 is 5.32 Å². The number of hydrogen-bond donors (Lipinski definition) is 1.